The van der Waals surface area contributed by atoms with Crippen LogP contribution < -0.4 is 9.80 Å². The van der Waals surface area contributed by atoms with E-state index in [4.69, 9.17) is 0 Å². The summed E-state index contributed by atoms with van der Waals surface area (Å²) in [4.78, 5) is 16.5. The number of nitrogens with one attached hydrogen (secondary N) is 1. The first kappa shape index (κ1) is 16.7. The lowest BCUT2D eigenvalue weighted by Crippen LogP contribution is -2.47. The molecule has 28 heavy (non-hydrogen) atoms. The van der Waals surface area contributed by atoms with Crippen LogP contribution in [0.1, 0.15) is 11.4 Å². The quantitative estimate of drug-likeness (QED) is 0.584. The topological polar surface area (TPSA) is 91.7 Å². The molecule has 0 saturated carbocycles. The van der Waals surface area contributed by atoms with E-state index < -0.39 is 0 Å². The van der Waals surface area contributed by atoms with Gasteiger partial charge in [0.15, 0.2) is 11.6 Å². The highest BCUT2D eigenvalue weighted by Gasteiger charge is 2.21. The summed E-state index contributed by atoms with van der Waals surface area (Å²) in [6.07, 6.45) is 3.52. The molecule has 9 nitrogen and oxygen atoms in total. The van der Waals surface area contributed by atoms with Crippen LogP contribution in [0.3, 0.4) is 0 Å². The molecule has 0 atom stereocenters. The summed E-state index contributed by atoms with van der Waals surface area (Å²) < 4.78 is 1.82. The molecule has 4 aromatic heterocycles. The number of aromatic nitrogens is 7. The Morgan fingerprint density at radius 2 is 1.64 bits per heavy atom. The molecule has 1 aliphatic rings. The molecule has 5 rings (SSSR count). The van der Waals surface area contributed by atoms with Crippen LogP contribution in [0.15, 0.2) is 36.8 Å². The minimum atomic E-state index is 0.740. The van der Waals surface area contributed by atoms with Crippen molar-refractivity contribution in [2.24, 2.45) is 0 Å². The SMILES string of the molecule is Cc1cc(C)n(-c2ccc(N3CCN(c4ncnc5[nH]ccc45)CC3)nn2)n1. The third-order valence-corrected chi connectivity index (χ3v) is 5.10. The second-order valence-corrected chi connectivity index (χ2v) is 7.00. The molecule has 0 unspecified atom stereocenters. The minimum Gasteiger partial charge on any atom is -0.352 e. The molecule has 0 bridgehead atoms. The Labute approximate surface area is 162 Å². The molecule has 0 aromatic carbocycles. The molecule has 142 valence electrons. The summed E-state index contributed by atoms with van der Waals surface area (Å²) in [5.41, 5.74) is 2.90. The van der Waals surface area contributed by atoms with Crippen molar-refractivity contribution >= 4 is 22.7 Å². The molecular formula is C19H21N9. The van der Waals surface area contributed by atoms with E-state index in [9.17, 15) is 0 Å². The number of hydrogen-bond donors (Lipinski definition) is 1. The zero-order valence-electron chi connectivity index (χ0n) is 15.9. The van der Waals surface area contributed by atoms with Crippen molar-refractivity contribution in [3.05, 3.63) is 48.2 Å². The second kappa shape index (κ2) is 6.59. The first-order valence-electron chi connectivity index (χ1n) is 9.34. The Hall–Kier alpha value is -3.49. The van der Waals surface area contributed by atoms with Crippen molar-refractivity contribution in [2.45, 2.75) is 13.8 Å². The fourth-order valence-electron chi connectivity index (χ4n) is 3.72. The molecule has 1 N–H and O–H groups in total. The van der Waals surface area contributed by atoms with Gasteiger partial charge in [-0.3, -0.25) is 0 Å². The van der Waals surface area contributed by atoms with Crippen LogP contribution in [-0.4, -0.2) is 61.1 Å². The van der Waals surface area contributed by atoms with E-state index in [0.717, 1.165) is 66.1 Å². The van der Waals surface area contributed by atoms with Gasteiger partial charge in [0.1, 0.15) is 17.8 Å². The normalized spacial score (nSPS) is 14.8. The van der Waals surface area contributed by atoms with Crippen LogP contribution in [-0.2, 0) is 0 Å². The monoisotopic (exact) mass is 375 g/mol. The Morgan fingerprint density at radius 3 is 2.36 bits per heavy atom. The van der Waals surface area contributed by atoms with Crippen molar-refractivity contribution < 1.29 is 0 Å². The van der Waals surface area contributed by atoms with Crippen molar-refractivity contribution in [2.75, 3.05) is 36.0 Å². The van der Waals surface area contributed by atoms with Crippen LogP contribution in [0, 0.1) is 13.8 Å². The Bertz CT molecular complexity index is 1100. The van der Waals surface area contributed by atoms with Crippen LogP contribution >= 0.6 is 0 Å². The summed E-state index contributed by atoms with van der Waals surface area (Å²) >= 11 is 0. The highest BCUT2D eigenvalue weighted by atomic mass is 15.4. The van der Waals surface area contributed by atoms with Crippen LogP contribution in [0.5, 0.6) is 0 Å². The molecule has 0 aliphatic carbocycles. The summed E-state index contributed by atoms with van der Waals surface area (Å²) in [7, 11) is 0. The second-order valence-electron chi connectivity index (χ2n) is 7.00. The summed E-state index contributed by atoms with van der Waals surface area (Å²) in [6.45, 7) is 7.47. The van der Waals surface area contributed by atoms with Gasteiger partial charge in [0, 0.05) is 38.1 Å². The number of piperazine rings is 1. The first-order valence-corrected chi connectivity index (χ1v) is 9.34. The number of hydrogen-bond acceptors (Lipinski definition) is 7. The van der Waals surface area contributed by atoms with Crippen LogP contribution in [0.4, 0.5) is 11.6 Å². The lowest BCUT2D eigenvalue weighted by molar-refractivity contribution is 0.637. The van der Waals surface area contributed by atoms with Crippen LogP contribution in [0.2, 0.25) is 0 Å². The smallest absolute Gasteiger partial charge is 0.176 e. The zero-order valence-corrected chi connectivity index (χ0v) is 15.9. The van der Waals surface area contributed by atoms with Gasteiger partial charge in [-0.2, -0.15) is 5.10 Å². The van der Waals surface area contributed by atoms with Crippen molar-refractivity contribution in [1.29, 1.82) is 0 Å². The maximum atomic E-state index is 4.49. The highest BCUT2D eigenvalue weighted by Crippen LogP contribution is 2.24. The van der Waals surface area contributed by atoms with E-state index >= 15 is 0 Å². The van der Waals surface area contributed by atoms with Gasteiger partial charge in [0.2, 0.25) is 0 Å². The lowest BCUT2D eigenvalue weighted by Gasteiger charge is -2.36. The van der Waals surface area contributed by atoms with Gasteiger partial charge in [-0.25, -0.2) is 14.6 Å². The number of anilines is 2. The van der Waals surface area contributed by atoms with Crippen LogP contribution in [0.25, 0.3) is 16.9 Å². The molecule has 9 heteroatoms. The number of aryl methyl sites for hydroxylation is 2. The highest BCUT2D eigenvalue weighted by molar-refractivity contribution is 5.87. The Morgan fingerprint density at radius 1 is 0.893 bits per heavy atom. The maximum Gasteiger partial charge on any atom is 0.176 e. The summed E-state index contributed by atoms with van der Waals surface area (Å²) in [6, 6.07) is 8.05. The first-order chi connectivity index (χ1) is 13.7. The third kappa shape index (κ3) is 2.84. The fourth-order valence-corrected chi connectivity index (χ4v) is 3.72. The number of rotatable bonds is 3. The van der Waals surface area contributed by atoms with Gasteiger partial charge in [-0.05, 0) is 38.1 Å². The van der Waals surface area contributed by atoms with E-state index in [-0.39, 0.29) is 0 Å². The maximum absolute atomic E-state index is 4.49. The van der Waals surface area contributed by atoms with Gasteiger partial charge in [0.05, 0.1) is 11.1 Å². The van der Waals surface area contributed by atoms with E-state index in [2.05, 4.69) is 40.0 Å². The number of fused-ring (bicyclic) bond motifs is 1. The largest absolute Gasteiger partial charge is 0.352 e. The average Bonchev–Trinajstić information content (AvgIpc) is 3.34. The number of H-pyrrole nitrogens is 1. The molecule has 1 saturated heterocycles. The molecule has 0 spiro atoms. The standard InChI is InChI=1S/C19H21N9/c1-13-11-14(2)28(25-13)17-4-3-16(23-24-17)26-7-9-27(10-8-26)19-15-5-6-20-18(15)21-12-22-19/h3-6,11-12H,7-10H2,1-2H3,(H,20,21,22). The molecule has 1 fully saturated rings. The third-order valence-electron chi connectivity index (χ3n) is 5.10. The molecule has 0 amide bonds. The van der Waals surface area contributed by atoms with Gasteiger partial charge < -0.3 is 14.8 Å². The minimum absolute atomic E-state index is 0.740. The van der Waals surface area contributed by atoms with Crippen molar-refractivity contribution in [3.63, 3.8) is 0 Å². The summed E-state index contributed by atoms with van der Waals surface area (Å²) in [5.74, 6) is 2.61. The van der Waals surface area contributed by atoms with E-state index in [1.165, 1.54) is 0 Å². The molecule has 5 heterocycles. The molecular weight excluding hydrogens is 354 g/mol. The van der Waals surface area contributed by atoms with Gasteiger partial charge in [0.25, 0.3) is 0 Å². The van der Waals surface area contributed by atoms with E-state index in [1.807, 2.05) is 49.0 Å². The van der Waals surface area contributed by atoms with Gasteiger partial charge >= 0.3 is 0 Å². The van der Waals surface area contributed by atoms with Gasteiger partial charge in [-0.1, -0.05) is 0 Å². The lowest BCUT2D eigenvalue weighted by atomic mass is 10.2. The number of aromatic amines is 1. The average molecular weight is 375 g/mol. The number of nitrogens with zero attached hydrogens (tertiary/aromatic N) is 8. The molecule has 1 aliphatic heterocycles. The van der Waals surface area contributed by atoms with E-state index in [0.29, 0.717) is 0 Å². The Balaban J connectivity index is 1.30. The molecule has 4 aromatic rings. The van der Waals surface area contributed by atoms with E-state index in [1.54, 1.807) is 6.33 Å². The van der Waals surface area contributed by atoms with Gasteiger partial charge in [-0.15, -0.1) is 10.2 Å². The molecule has 0 radical (unpaired) electrons. The fraction of sp³-hybridized carbons (Fsp3) is 0.316. The predicted molar refractivity (Wildman–Crippen MR) is 107 cm³/mol. The summed E-state index contributed by atoms with van der Waals surface area (Å²) in [5, 5.41) is 14.3. The van der Waals surface area contributed by atoms with Crippen molar-refractivity contribution in [3.8, 4) is 5.82 Å². The zero-order chi connectivity index (χ0) is 19.1. The Kier molecular flexibility index (Phi) is 3.92. The van der Waals surface area contributed by atoms with Crippen molar-refractivity contribution in [1.82, 2.24) is 34.9 Å². The predicted octanol–water partition coefficient (Wildman–Crippen LogP) is 1.88.